The first-order valence-electron chi connectivity index (χ1n) is 10.9. The van der Waals surface area contributed by atoms with Crippen LogP contribution in [0.1, 0.15) is 6.85 Å². The fourth-order valence-electron chi connectivity index (χ4n) is 3.72. The number of H-pyrrole nitrogens is 1. The molecule has 122 valence electrons. The van der Waals surface area contributed by atoms with Crippen LogP contribution in [-0.2, 0) is 0 Å². The number of aromatic amines is 1. The number of fused-ring (bicyclic) bond motifs is 7. The minimum Gasteiger partial charge on any atom is -0.455 e. The van der Waals surface area contributed by atoms with Gasteiger partial charge in [0.15, 0.2) is 0 Å². The van der Waals surface area contributed by atoms with Gasteiger partial charge in [0.25, 0.3) is 0 Å². The van der Waals surface area contributed by atoms with Crippen LogP contribution in [-0.4, -0.2) is 4.98 Å². The van der Waals surface area contributed by atoms with E-state index >= 15 is 0 Å². The van der Waals surface area contributed by atoms with Crippen LogP contribution in [0.25, 0.3) is 54.9 Å². The molecular weight excluding hydrogens is 318 g/mol. The van der Waals surface area contributed by atoms with Gasteiger partial charge in [-0.3, -0.25) is 0 Å². The molecule has 0 radical (unpaired) electrons. The van der Waals surface area contributed by atoms with Crippen LogP contribution in [0.4, 0.5) is 0 Å². The van der Waals surface area contributed by atoms with Crippen molar-refractivity contribution in [2.75, 3.05) is 0 Å². The average molecular weight is 338 g/mol. The molecule has 0 aliphatic rings. The molecule has 2 aromatic heterocycles. The van der Waals surface area contributed by atoms with Gasteiger partial charge in [-0.15, -0.1) is 0 Å². The molecule has 0 atom stereocenters. The molecule has 0 aliphatic carbocycles. The maximum atomic E-state index is 8.31. The Labute approximate surface area is 156 Å². The second kappa shape index (κ2) is 4.99. The molecule has 1 N–H and O–H groups in total. The van der Waals surface area contributed by atoms with Gasteiger partial charge in [-0.05, 0) is 41.5 Å². The first kappa shape index (κ1) is 9.83. The van der Waals surface area contributed by atoms with Crippen LogP contribution in [0, 0.1) is 0 Å². The standard InChI is InChI=1S/C24H15NO/c1-2-6-15(7-3-1)16-10-12-20-19(14-16)23-21(25-20)13-11-18-17-8-4-5-9-22(17)26-24(18)23/h1-14,25H/i1D,2D,3D,6D,7D. The first-order valence-corrected chi connectivity index (χ1v) is 8.38. The van der Waals surface area contributed by atoms with E-state index in [1.165, 1.54) is 0 Å². The molecule has 0 saturated heterocycles. The number of aromatic nitrogens is 1. The van der Waals surface area contributed by atoms with E-state index in [0.29, 0.717) is 5.56 Å². The van der Waals surface area contributed by atoms with E-state index in [1.807, 2.05) is 48.5 Å². The Morgan fingerprint density at radius 2 is 1.58 bits per heavy atom. The Hall–Kier alpha value is -3.52. The largest absolute Gasteiger partial charge is 0.455 e. The Bertz CT molecular complexity index is 1670. The van der Waals surface area contributed by atoms with Crippen LogP contribution in [0.15, 0.2) is 89.2 Å². The van der Waals surface area contributed by atoms with Crippen molar-refractivity contribution >= 4 is 43.7 Å². The summed E-state index contributed by atoms with van der Waals surface area (Å²) in [4.78, 5) is 3.40. The lowest BCUT2D eigenvalue weighted by molar-refractivity contribution is 0.673. The summed E-state index contributed by atoms with van der Waals surface area (Å²) >= 11 is 0. The maximum Gasteiger partial charge on any atom is 0.145 e. The van der Waals surface area contributed by atoms with Crippen LogP contribution < -0.4 is 0 Å². The van der Waals surface area contributed by atoms with E-state index in [2.05, 4.69) is 4.98 Å². The second-order valence-electron chi connectivity index (χ2n) is 6.35. The number of hydrogen-bond acceptors (Lipinski definition) is 1. The van der Waals surface area contributed by atoms with Gasteiger partial charge in [-0.25, -0.2) is 0 Å². The second-order valence-corrected chi connectivity index (χ2v) is 6.35. The fraction of sp³-hybridized carbons (Fsp3) is 0. The van der Waals surface area contributed by atoms with Crippen molar-refractivity contribution in [1.82, 2.24) is 4.98 Å². The highest BCUT2D eigenvalue weighted by Crippen LogP contribution is 2.38. The highest BCUT2D eigenvalue weighted by atomic mass is 16.3. The summed E-state index contributed by atoms with van der Waals surface area (Å²) in [6.07, 6.45) is 0. The predicted molar refractivity (Wildman–Crippen MR) is 109 cm³/mol. The molecule has 0 saturated carbocycles. The summed E-state index contributed by atoms with van der Waals surface area (Å²) < 4.78 is 46.6. The van der Waals surface area contributed by atoms with E-state index in [4.69, 9.17) is 11.3 Å². The van der Waals surface area contributed by atoms with E-state index in [-0.39, 0.29) is 29.7 Å². The molecule has 2 nitrogen and oxygen atoms in total. The minimum atomic E-state index is -0.393. The Kier molecular flexibility index (Phi) is 1.89. The first-order chi connectivity index (χ1) is 15.0. The van der Waals surface area contributed by atoms with Crippen molar-refractivity contribution in [2.24, 2.45) is 0 Å². The van der Waals surface area contributed by atoms with Crippen LogP contribution >= 0.6 is 0 Å². The molecule has 26 heavy (non-hydrogen) atoms. The number of hydrogen-bond donors (Lipinski definition) is 1. The SMILES string of the molecule is [2H]c1c([2H])c([2H])c(-c2ccc3[nH]c4ccc5c6ccccc6oc5c4c3c2)c([2H])c1[2H]. The highest BCUT2D eigenvalue weighted by molar-refractivity contribution is 6.23. The number of para-hydroxylation sites is 1. The number of rotatable bonds is 1. The maximum absolute atomic E-state index is 8.31. The van der Waals surface area contributed by atoms with Gasteiger partial charge >= 0.3 is 0 Å². The van der Waals surface area contributed by atoms with Crippen LogP contribution in [0.3, 0.4) is 0 Å². The Balaban J connectivity index is 1.73. The molecular formula is C24H15NO. The van der Waals surface area contributed by atoms with Gasteiger partial charge in [0.1, 0.15) is 11.2 Å². The summed E-state index contributed by atoms with van der Waals surface area (Å²) in [5, 5.41) is 3.84. The molecule has 0 amide bonds. The summed E-state index contributed by atoms with van der Waals surface area (Å²) in [7, 11) is 0. The zero-order chi connectivity index (χ0) is 21.4. The normalized spacial score (nSPS) is 14.5. The molecule has 6 rings (SSSR count). The molecule has 2 heterocycles. The summed E-state index contributed by atoms with van der Waals surface area (Å²) in [6.45, 7) is 0. The summed E-state index contributed by atoms with van der Waals surface area (Å²) in [5.41, 5.74) is 4.14. The lowest BCUT2D eigenvalue weighted by Gasteiger charge is -2.02. The zero-order valence-corrected chi connectivity index (χ0v) is 13.6. The van der Waals surface area contributed by atoms with Gasteiger partial charge in [-0.1, -0.05) is 54.5 Å². The van der Waals surface area contributed by atoms with Gasteiger partial charge < -0.3 is 9.40 Å². The van der Waals surface area contributed by atoms with E-state index < -0.39 is 6.04 Å². The lowest BCUT2D eigenvalue weighted by Crippen LogP contribution is -1.77. The van der Waals surface area contributed by atoms with Gasteiger partial charge in [0.2, 0.25) is 0 Å². The van der Waals surface area contributed by atoms with Crippen LogP contribution in [0.2, 0.25) is 0 Å². The smallest absolute Gasteiger partial charge is 0.145 e. The minimum absolute atomic E-state index is 0.194. The molecule has 0 spiro atoms. The van der Waals surface area contributed by atoms with E-state index in [1.54, 1.807) is 6.07 Å². The molecule has 0 fully saturated rings. The summed E-state index contributed by atoms with van der Waals surface area (Å²) in [5.74, 6) is 0. The Morgan fingerprint density at radius 1 is 0.731 bits per heavy atom. The van der Waals surface area contributed by atoms with Crippen molar-refractivity contribution in [3.8, 4) is 11.1 Å². The third kappa shape index (κ3) is 1.81. The van der Waals surface area contributed by atoms with Gasteiger partial charge in [0, 0.05) is 21.7 Å². The number of furan rings is 1. The van der Waals surface area contributed by atoms with Crippen molar-refractivity contribution < 1.29 is 11.3 Å². The van der Waals surface area contributed by atoms with E-state index in [9.17, 15) is 0 Å². The van der Waals surface area contributed by atoms with E-state index in [0.717, 1.165) is 43.7 Å². The van der Waals surface area contributed by atoms with Crippen molar-refractivity contribution in [3.05, 3.63) is 84.8 Å². The third-order valence-electron chi connectivity index (χ3n) is 4.89. The van der Waals surface area contributed by atoms with Crippen LogP contribution in [0.5, 0.6) is 0 Å². The van der Waals surface area contributed by atoms with Gasteiger partial charge in [-0.2, -0.15) is 0 Å². The van der Waals surface area contributed by atoms with Crippen molar-refractivity contribution in [2.45, 2.75) is 0 Å². The predicted octanol–water partition coefficient (Wildman–Crippen LogP) is 6.89. The number of benzene rings is 4. The Morgan fingerprint density at radius 3 is 2.50 bits per heavy atom. The van der Waals surface area contributed by atoms with Gasteiger partial charge in [0.05, 0.1) is 17.8 Å². The molecule has 6 aromatic rings. The quantitative estimate of drug-likeness (QED) is 0.347. The average Bonchev–Trinajstić information content (AvgIpc) is 3.34. The molecule has 0 unspecified atom stereocenters. The molecule has 0 bridgehead atoms. The zero-order valence-electron chi connectivity index (χ0n) is 18.6. The van der Waals surface area contributed by atoms with Crippen molar-refractivity contribution in [1.29, 1.82) is 0 Å². The van der Waals surface area contributed by atoms with Crippen molar-refractivity contribution in [3.63, 3.8) is 0 Å². The topological polar surface area (TPSA) is 28.9 Å². The third-order valence-corrected chi connectivity index (χ3v) is 4.89. The molecule has 0 aliphatic heterocycles. The molecule has 2 heteroatoms. The molecule has 4 aromatic carbocycles. The monoisotopic (exact) mass is 338 g/mol. The summed E-state index contributed by atoms with van der Waals surface area (Å²) in [6, 6.07) is 16.0. The lowest BCUT2D eigenvalue weighted by atomic mass is 10.0. The number of nitrogens with one attached hydrogen (secondary N) is 1. The fourth-order valence-corrected chi connectivity index (χ4v) is 3.72. The highest BCUT2D eigenvalue weighted by Gasteiger charge is 2.14.